The number of ether oxygens (including phenoxy) is 2. The van der Waals surface area contributed by atoms with Gasteiger partial charge in [-0.15, -0.1) is 0 Å². The summed E-state index contributed by atoms with van der Waals surface area (Å²) in [7, 11) is 1.81. The number of hydrogen-bond donors (Lipinski definition) is 0. The molecule has 2 nitrogen and oxygen atoms in total. The third kappa shape index (κ3) is 1.76. The highest BCUT2D eigenvalue weighted by Crippen LogP contribution is 2.60. The van der Waals surface area contributed by atoms with E-state index in [-0.39, 0.29) is 6.29 Å². The molecule has 0 aromatic rings. The van der Waals surface area contributed by atoms with Crippen LogP contribution in [-0.4, -0.2) is 19.5 Å². The van der Waals surface area contributed by atoms with Crippen molar-refractivity contribution in [3.8, 4) is 0 Å². The van der Waals surface area contributed by atoms with Crippen LogP contribution in [0.5, 0.6) is 0 Å². The van der Waals surface area contributed by atoms with Crippen molar-refractivity contribution >= 4 is 0 Å². The van der Waals surface area contributed by atoms with Crippen LogP contribution in [0.15, 0.2) is 0 Å². The van der Waals surface area contributed by atoms with Gasteiger partial charge in [0.05, 0.1) is 6.10 Å². The molecule has 0 aromatic carbocycles. The Morgan fingerprint density at radius 3 is 2.61 bits per heavy atom. The van der Waals surface area contributed by atoms with Gasteiger partial charge in [0, 0.05) is 13.0 Å². The first-order chi connectivity index (χ1) is 8.55. The smallest absolute Gasteiger partial charge is 0.160 e. The van der Waals surface area contributed by atoms with Crippen molar-refractivity contribution in [2.24, 2.45) is 29.1 Å². The molecule has 18 heavy (non-hydrogen) atoms. The molecule has 104 valence electrons. The second-order valence-corrected chi connectivity index (χ2v) is 7.34. The lowest BCUT2D eigenvalue weighted by Gasteiger charge is -2.53. The second-order valence-electron chi connectivity index (χ2n) is 7.34. The first kappa shape index (κ1) is 12.9. The van der Waals surface area contributed by atoms with Crippen LogP contribution in [0.25, 0.3) is 0 Å². The molecule has 3 fully saturated rings. The summed E-state index contributed by atoms with van der Waals surface area (Å²) < 4.78 is 11.7. The van der Waals surface area contributed by atoms with Gasteiger partial charge in [-0.3, -0.25) is 0 Å². The molecule has 2 saturated carbocycles. The first-order valence-electron chi connectivity index (χ1n) is 7.74. The largest absolute Gasteiger partial charge is 0.356 e. The summed E-state index contributed by atoms with van der Waals surface area (Å²) in [4.78, 5) is 0. The highest BCUT2D eigenvalue weighted by Gasteiger charge is 2.57. The van der Waals surface area contributed by atoms with Crippen LogP contribution in [0.1, 0.15) is 52.9 Å². The Kier molecular flexibility index (Phi) is 3.22. The molecule has 0 radical (unpaired) electrons. The van der Waals surface area contributed by atoms with E-state index in [4.69, 9.17) is 9.47 Å². The summed E-state index contributed by atoms with van der Waals surface area (Å²) in [6, 6.07) is 0. The molecule has 6 unspecified atom stereocenters. The first-order valence-corrected chi connectivity index (χ1v) is 7.74. The Morgan fingerprint density at radius 2 is 1.89 bits per heavy atom. The van der Waals surface area contributed by atoms with Crippen molar-refractivity contribution in [2.75, 3.05) is 7.11 Å². The second kappa shape index (κ2) is 4.49. The maximum Gasteiger partial charge on any atom is 0.160 e. The third-order valence-corrected chi connectivity index (χ3v) is 6.20. The standard InChI is InChI=1S/C16H28O2/c1-10-14-12(15(17-4)18-10)9-11-7-5-6-8-13(11)16(14,2)3/h10-15H,5-9H2,1-4H3. The van der Waals surface area contributed by atoms with Gasteiger partial charge in [-0.2, -0.15) is 0 Å². The maximum atomic E-state index is 6.08. The number of hydrogen-bond acceptors (Lipinski definition) is 2. The Bertz CT molecular complexity index is 312. The van der Waals surface area contributed by atoms with Crippen molar-refractivity contribution in [2.45, 2.75) is 65.3 Å². The number of fused-ring (bicyclic) bond motifs is 2. The summed E-state index contributed by atoms with van der Waals surface area (Å²) >= 11 is 0. The Hall–Kier alpha value is -0.0800. The molecule has 0 amide bonds. The van der Waals surface area contributed by atoms with Gasteiger partial charge in [-0.1, -0.05) is 33.1 Å². The quantitative estimate of drug-likeness (QED) is 0.706. The molecule has 3 aliphatic rings. The summed E-state index contributed by atoms with van der Waals surface area (Å²) in [5.74, 6) is 3.14. The summed E-state index contributed by atoms with van der Waals surface area (Å²) in [6.07, 6.45) is 7.48. The van der Waals surface area contributed by atoms with Crippen LogP contribution in [0.2, 0.25) is 0 Å². The van der Waals surface area contributed by atoms with E-state index in [0.717, 1.165) is 11.8 Å². The summed E-state index contributed by atoms with van der Waals surface area (Å²) in [5.41, 5.74) is 0.417. The SMILES string of the molecule is COC1OC(C)C2C1CC1CCCCC1C2(C)C. The predicted octanol–water partition coefficient (Wildman–Crippen LogP) is 3.85. The molecule has 0 N–H and O–H groups in total. The molecule has 6 atom stereocenters. The third-order valence-electron chi connectivity index (χ3n) is 6.20. The van der Waals surface area contributed by atoms with Crippen LogP contribution < -0.4 is 0 Å². The van der Waals surface area contributed by atoms with E-state index in [2.05, 4.69) is 20.8 Å². The van der Waals surface area contributed by atoms with Crippen molar-refractivity contribution in [3.63, 3.8) is 0 Å². The zero-order valence-corrected chi connectivity index (χ0v) is 12.3. The van der Waals surface area contributed by atoms with E-state index < -0.39 is 0 Å². The van der Waals surface area contributed by atoms with Gasteiger partial charge in [-0.25, -0.2) is 0 Å². The van der Waals surface area contributed by atoms with E-state index in [1.54, 1.807) is 7.11 Å². The van der Waals surface area contributed by atoms with Gasteiger partial charge >= 0.3 is 0 Å². The van der Waals surface area contributed by atoms with Crippen LogP contribution in [0, 0.1) is 29.1 Å². The lowest BCUT2D eigenvalue weighted by Crippen LogP contribution is -2.49. The summed E-state index contributed by atoms with van der Waals surface area (Å²) in [6.45, 7) is 7.23. The van der Waals surface area contributed by atoms with Gasteiger partial charge in [-0.05, 0) is 42.9 Å². The van der Waals surface area contributed by atoms with E-state index in [1.807, 2.05) is 0 Å². The molecule has 2 aliphatic carbocycles. The van der Waals surface area contributed by atoms with Gasteiger partial charge in [0.15, 0.2) is 6.29 Å². The van der Waals surface area contributed by atoms with Crippen molar-refractivity contribution in [1.82, 2.24) is 0 Å². The van der Waals surface area contributed by atoms with E-state index in [0.29, 0.717) is 23.4 Å². The molecule has 2 heteroatoms. The van der Waals surface area contributed by atoms with Gasteiger partial charge < -0.3 is 9.47 Å². The fourth-order valence-electron chi connectivity index (χ4n) is 5.63. The van der Waals surface area contributed by atoms with Crippen LogP contribution in [-0.2, 0) is 9.47 Å². The number of rotatable bonds is 1. The molecule has 1 saturated heterocycles. The van der Waals surface area contributed by atoms with E-state index >= 15 is 0 Å². The lowest BCUT2D eigenvalue weighted by molar-refractivity contribution is -0.133. The predicted molar refractivity (Wildman–Crippen MR) is 72.2 cm³/mol. The molecule has 0 bridgehead atoms. The Balaban J connectivity index is 1.90. The zero-order chi connectivity index (χ0) is 12.9. The van der Waals surface area contributed by atoms with E-state index in [1.165, 1.54) is 32.1 Å². The molecule has 0 spiro atoms. The average Bonchev–Trinajstić information content (AvgIpc) is 2.66. The molecule has 1 heterocycles. The van der Waals surface area contributed by atoms with Gasteiger partial charge in [0.1, 0.15) is 0 Å². The molecular weight excluding hydrogens is 224 g/mol. The molecule has 1 aliphatic heterocycles. The fourth-order valence-corrected chi connectivity index (χ4v) is 5.63. The van der Waals surface area contributed by atoms with Crippen molar-refractivity contribution in [3.05, 3.63) is 0 Å². The highest BCUT2D eigenvalue weighted by molar-refractivity contribution is 5.03. The normalized spacial score (nSPS) is 50.7. The van der Waals surface area contributed by atoms with E-state index in [9.17, 15) is 0 Å². The fraction of sp³-hybridized carbons (Fsp3) is 1.00. The van der Waals surface area contributed by atoms with Crippen molar-refractivity contribution in [1.29, 1.82) is 0 Å². The van der Waals surface area contributed by atoms with Crippen LogP contribution >= 0.6 is 0 Å². The van der Waals surface area contributed by atoms with Crippen LogP contribution in [0.4, 0.5) is 0 Å². The monoisotopic (exact) mass is 252 g/mol. The number of methoxy groups -OCH3 is 1. The maximum absolute atomic E-state index is 6.08. The lowest BCUT2D eigenvalue weighted by atomic mass is 9.51. The highest BCUT2D eigenvalue weighted by atomic mass is 16.7. The minimum Gasteiger partial charge on any atom is -0.356 e. The van der Waals surface area contributed by atoms with Gasteiger partial charge in [0.2, 0.25) is 0 Å². The molecule has 0 aromatic heterocycles. The molecule has 3 rings (SSSR count). The Morgan fingerprint density at radius 1 is 1.17 bits per heavy atom. The zero-order valence-electron chi connectivity index (χ0n) is 12.3. The minimum atomic E-state index is 0.0483. The Labute approximate surface area is 111 Å². The van der Waals surface area contributed by atoms with Crippen LogP contribution in [0.3, 0.4) is 0 Å². The van der Waals surface area contributed by atoms with Gasteiger partial charge in [0.25, 0.3) is 0 Å². The average molecular weight is 252 g/mol. The van der Waals surface area contributed by atoms with Crippen molar-refractivity contribution < 1.29 is 9.47 Å². The molecular formula is C16H28O2. The minimum absolute atomic E-state index is 0.0483. The summed E-state index contributed by atoms with van der Waals surface area (Å²) in [5, 5.41) is 0. The topological polar surface area (TPSA) is 18.5 Å².